The highest BCUT2D eigenvalue weighted by Crippen LogP contribution is 2.54. The lowest BCUT2D eigenvalue weighted by atomic mass is 9.52. The summed E-state index contributed by atoms with van der Waals surface area (Å²) in [6.07, 6.45) is 3.34. The third-order valence-electron chi connectivity index (χ3n) is 5.66. The van der Waals surface area contributed by atoms with Crippen molar-refractivity contribution in [3.05, 3.63) is 0 Å². The highest BCUT2D eigenvalue weighted by Gasteiger charge is 2.47. The minimum absolute atomic E-state index is 0.142. The molecule has 0 heterocycles. The maximum Gasteiger partial charge on any atom is 0.0241 e. The molecule has 0 bridgehead atoms. The minimum Gasteiger partial charge on any atom is -0.0891 e. The average Bonchev–Trinajstić information content (AvgIpc) is 2.31. The Bertz CT molecular complexity index is 407. The van der Waals surface area contributed by atoms with Gasteiger partial charge in [-0.05, 0) is 34.5 Å². The van der Waals surface area contributed by atoms with Crippen molar-refractivity contribution in [3.63, 3.8) is 0 Å². The SMILES string of the molecule is CCCCC#CC#CC(C)C(C)(C)C(C)(C)C(C)(C)C. The van der Waals surface area contributed by atoms with Gasteiger partial charge in [0.05, 0.1) is 0 Å². The zero-order chi connectivity index (χ0) is 16.0. The predicted molar refractivity (Wildman–Crippen MR) is 91.3 cm³/mol. The van der Waals surface area contributed by atoms with Crippen molar-refractivity contribution in [1.82, 2.24) is 0 Å². The first-order valence-electron chi connectivity index (χ1n) is 7.97. The van der Waals surface area contributed by atoms with Crippen LogP contribution in [0.1, 0.15) is 81.6 Å². The number of unbranched alkanes of at least 4 members (excludes halogenated alkanes) is 2. The van der Waals surface area contributed by atoms with Crippen LogP contribution < -0.4 is 0 Å². The van der Waals surface area contributed by atoms with Gasteiger partial charge in [0.2, 0.25) is 0 Å². The molecule has 0 radical (unpaired) electrons. The van der Waals surface area contributed by atoms with Crippen molar-refractivity contribution in [3.8, 4) is 23.7 Å². The Balaban J connectivity index is 4.96. The van der Waals surface area contributed by atoms with Gasteiger partial charge in [-0.1, -0.05) is 80.6 Å². The zero-order valence-electron chi connectivity index (χ0n) is 15.2. The fourth-order valence-electron chi connectivity index (χ4n) is 2.20. The molecule has 0 aromatic heterocycles. The molecule has 0 saturated heterocycles. The molecule has 1 atom stereocenters. The summed E-state index contributed by atoms with van der Waals surface area (Å²) in [4.78, 5) is 0. The first kappa shape index (κ1) is 19.1. The van der Waals surface area contributed by atoms with Crippen LogP contribution in [0.2, 0.25) is 0 Å². The molecule has 0 spiro atoms. The van der Waals surface area contributed by atoms with Gasteiger partial charge in [0.15, 0.2) is 0 Å². The second-order valence-corrected chi connectivity index (χ2v) is 7.99. The van der Waals surface area contributed by atoms with E-state index in [1.807, 2.05) is 0 Å². The summed E-state index contributed by atoms with van der Waals surface area (Å²) < 4.78 is 0. The second kappa shape index (κ2) is 7.22. The molecular formula is C20H34. The van der Waals surface area contributed by atoms with Gasteiger partial charge in [-0.25, -0.2) is 0 Å². The molecule has 0 aromatic carbocycles. The van der Waals surface area contributed by atoms with Crippen molar-refractivity contribution in [1.29, 1.82) is 0 Å². The third kappa shape index (κ3) is 4.59. The maximum absolute atomic E-state index is 3.35. The first-order valence-corrected chi connectivity index (χ1v) is 7.97. The standard InChI is InChI=1S/C20H34/c1-10-11-12-13-14-15-16-17(2)19(6,7)20(8,9)18(3,4)5/h17H,10-12H2,1-9H3. The summed E-state index contributed by atoms with van der Waals surface area (Å²) in [5, 5.41) is 0. The summed E-state index contributed by atoms with van der Waals surface area (Å²) in [7, 11) is 0. The Morgan fingerprint density at radius 1 is 0.900 bits per heavy atom. The van der Waals surface area contributed by atoms with E-state index >= 15 is 0 Å². The van der Waals surface area contributed by atoms with E-state index in [1.54, 1.807) is 0 Å². The first-order chi connectivity index (χ1) is 8.98. The summed E-state index contributed by atoms with van der Waals surface area (Å²) in [5.41, 5.74) is 0.590. The normalized spacial score (nSPS) is 13.8. The molecular weight excluding hydrogens is 240 g/mol. The monoisotopic (exact) mass is 274 g/mol. The Morgan fingerprint density at radius 3 is 1.90 bits per heavy atom. The molecule has 0 heteroatoms. The predicted octanol–water partition coefficient (Wildman–Crippen LogP) is 5.92. The van der Waals surface area contributed by atoms with Gasteiger partial charge >= 0.3 is 0 Å². The lowest BCUT2D eigenvalue weighted by Crippen LogP contribution is -2.46. The van der Waals surface area contributed by atoms with E-state index in [4.69, 9.17) is 0 Å². The molecule has 0 aliphatic heterocycles. The van der Waals surface area contributed by atoms with Crippen LogP contribution in [0.3, 0.4) is 0 Å². The van der Waals surface area contributed by atoms with Crippen LogP contribution in [-0.2, 0) is 0 Å². The van der Waals surface area contributed by atoms with Crippen LogP contribution in [0.4, 0.5) is 0 Å². The molecule has 20 heavy (non-hydrogen) atoms. The number of rotatable bonds is 4. The highest BCUT2D eigenvalue weighted by atomic mass is 14.5. The van der Waals surface area contributed by atoms with Crippen LogP contribution in [0, 0.1) is 45.8 Å². The molecule has 0 aromatic rings. The quantitative estimate of drug-likeness (QED) is 0.441. The van der Waals surface area contributed by atoms with E-state index < -0.39 is 0 Å². The molecule has 0 saturated carbocycles. The van der Waals surface area contributed by atoms with Crippen LogP contribution in [0.15, 0.2) is 0 Å². The van der Waals surface area contributed by atoms with Gasteiger partial charge in [-0.2, -0.15) is 0 Å². The van der Waals surface area contributed by atoms with Crippen molar-refractivity contribution in [2.45, 2.75) is 81.6 Å². The molecule has 0 fully saturated rings. The van der Waals surface area contributed by atoms with Crippen LogP contribution in [-0.4, -0.2) is 0 Å². The number of hydrogen-bond donors (Lipinski definition) is 0. The van der Waals surface area contributed by atoms with E-state index in [0.717, 1.165) is 6.42 Å². The van der Waals surface area contributed by atoms with E-state index in [0.29, 0.717) is 5.92 Å². The molecule has 1 unspecified atom stereocenters. The van der Waals surface area contributed by atoms with Gasteiger partial charge in [-0.15, -0.1) is 0 Å². The lowest BCUT2D eigenvalue weighted by molar-refractivity contribution is -0.0289. The van der Waals surface area contributed by atoms with Crippen LogP contribution in [0.25, 0.3) is 0 Å². The van der Waals surface area contributed by atoms with Gasteiger partial charge in [0.25, 0.3) is 0 Å². The van der Waals surface area contributed by atoms with Crippen molar-refractivity contribution < 1.29 is 0 Å². The summed E-state index contributed by atoms with van der Waals surface area (Å²) >= 11 is 0. The molecule has 0 aliphatic rings. The van der Waals surface area contributed by atoms with Crippen molar-refractivity contribution >= 4 is 0 Å². The van der Waals surface area contributed by atoms with E-state index in [1.165, 1.54) is 12.8 Å². The van der Waals surface area contributed by atoms with Crippen molar-refractivity contribution in [2.75, 3.05) is 0 Å². The summed E-state index contributed by atoms with van der Waals surface area (Å²) in [6, 6.07) is 0. The van der Waals surface area contributed by atoms with Gasteiger partial charge in [0.1, 0.15) is 0 Å². The Morgan fingerprint density at radius 2 is 1.45 bits per heavy atom. The van der Waals surface area contributed by atoms with Crippen LogP contribution in [0.5, 0.6) is 0 Å². The smallest absolute Gasteiger partial charge is 0.0241 e. The molecule has 0 amide bonds. The molecule has 0 rings (SSSR count). The lowest BCUT2D eigenvalue weighted by Gasteiger charge is -2.52. The maximum atomic E-state index is 3.35. The third-order valence-corrected chi connectivity index (χ3v) is 5.66. The van der Waals surface area contributed by atoms with Gasteiger partial charge < -0.3 is 0 Å². The molecule has 0 nitrogen and oxygen atoms in total. The zero-order valence-corrected chi connectivity index (χ0v) is 15.2. The second-order valence-electron chi connectivity index (χ2n) is 7.99. The fraction of sp³-hybridized carbons (Fsp3) is 0.800. The Hall–Kier alpha value is -0.880. The number of hydrogen-bond acceptors (Lipinski definition) is 0. The van der Waals surface area contributed by atoms with Gasteiger partial charge in [-0.3, -0.25) is 0 Å². The molecule has 114 valence electrons. The van der Waals surface area contributed by atoms with E-state index in [-0.39, 0.29) is 16.2 Å². The molecule has 0 N–H and O–H groups in total. The molecule has 0 aliphatic carbocycles. The average molecular weight is 274 g/mol. The highest BCUT2D eigenvalue weighted by molar-refractivity contribution is 5.27. The van der Waals surface area contributed by atoms with Crippen molar-refractivity contribution in [2.24, 2.45) is 22.2 Å². The Kier molecular flexibility index (Phi) is 6.90. The summed E-state index contributed by atoms with van der Waals surface area (Å²) in [5.74, 6) is 12.9. The van der Waals surface area contributed by atoms with E-state index in [2.05, 4.69) is 86.0 Å². The Labute approximate surface area is 128 Å². The minimum atomic E-state index is 0.142. The van der Waals surface area contributed by atoms with E-state index in [9.17, 15) is 0 Å². The van der Waals surface area contributed by atoms with Crippen LogP contribution >= 0.6 is 0 Å². The fourth-order valence-corrected chi connectivity index (χ4v) is 2.20. The topological polar surface area (TPSA) is 0 Å². The largest absolute Gasteiger partial charge is 0.0891 e. The van der Waals surface area contributed by atoms with Gasteiger partial charge in [0, 0.05) is 12.3 Å². The summed E-state index contributed by atoms with van der Waals surface area (Å²) in [6.45, 7) is 20.8.